The van der Waals surface area contributed by atoms with Crippen LogP contribution in [0.1, 0.15) is 226 Å². The number of hydrogen-bond acceptors (Lipinski definition) is 6. The molecular weight excluding hydrogens is 973 g/mol. The molecule has 0 saturated carbocycles. The number of esters is 3. The molecule has 0 spiro atoms. The molecule has 0 N–H and O–H groups in total. The smallest absolute Gasteiger partial charge is 0.310 e. The molecule has 438 valence electrons. The standard InChI is InChI=1S/C73H110O6/c1-4-7-10-13-16-19-22-25-28-29-30-31-32-33-34-35-36-37-38-39-40-41-42-43-46-48-51-54-57-60-63-66-72(75)78-69-70(79-73(76)67-64-61-58-55-52-49-45-27-24-21-18-15-12-9-6-3)68-77-71(74)65-62-59-56-53-50-47-44-26-23-20-17-14-11-8-5-2/h7-12,16-21,25-28,30-31,33-34,36-37,39-40,42-45,52,55,61,64,70H,4-6,13-15,22-24,29,32,35,38,41,46-51,53-54,56-60,62-63,65-69H2,1-3H3/b10-7-,11-8-,12-9-,19-16-,20-17-,21-18-,28-25-,31-30-,34-33-,37-36-,40-39-,43-42-,44-26-,45-27-,55-52-,64-61-. The topological polar surface area (TPSA) is 78.9 Å². The third kappa shape index (κ3) is 63.0. The van der Waals surface area contributed by atoms with Gasteiger partial charge in [-0.25, -0.2) is 0 Å². The van der Waals surface area contributed by atoms with Crippen LogP contribution < -0.4 is 0 Å². The van der Waals surface area contributed by atoms with Crippen LogP contribution in [0.4, 0.5) is 0 Å². The van der Waals surface area contributed by atoms with Gasteiger partial charge in [-0.3, -0.25) is 14.4 Å². The van der Waals surface area contributed by atoms with E-state index >= 15 is 0 Å². The molecule has 0 bridgehead atoms. The molecule has 0 aromatic carbocycles. The van der Waals surface area contributed by atoms with Gasteiger partial charge in [-0.05, 0) is 141 Å². The van der Waals surface area contributed by atoms with E-state index in [1.807, 2.05) is 6.08 Å². The van der Waals surface area contributed by atoms with Gasteiger partial charge in [0.1, 0.15) is 13.2 Å². The maximum Gasteiger partial charge on any atom is 0.310 e. The molecule has 0 amide bonds. The first-order valence-electron chi connectivity index (χ1n) is 30.9. The highest BCUT2D eigenvalue weighted by Gasteiger charge is 2.19. The maximum absolute atomic E-state index is 12.8. The second-order valence-corrected chi connectivity index (χ2v) is 19.5. The fraction of sp³-hybridized carbons (Fsp3) is 0.521. The van der Waals surface area contributed by atoms with Crippen molar-refractivity contribution >= 4 is 17.9 Å². The van der Waals surface area contributed by atoms with E-state index in [2.05, 4.69) is 203 Å². The first-order chi connectivity index (χ1) is 39.0. The molecule has 79 heavy (non-hydrogen) atoms. The minimum absolute atomic E-state index is 0.0790. The van der Waals surface area contributed by atoms with E-state index in [4.69, 9.17) is 14.2 Å². The average molecular weight is 1080 g/mol. The summed E-state index contributed by atoms with van der Waals surface area (Å²) in [6.45, 7) is 6.16. The Bertz CT molecular complexity index is 1920. The predicted molar refractivity (Wildman–Crippen MR) is 343 cm³/mol. The van der Waals surface area contributed by atoms with Gasteiger partial charge in [-0.1, -0.05) is 260 Å². The third-order valence-corrected chi connectivity index (χ3v) is 12.1. The van der Waals surface area contributed by atoms with Gasteiger partial charge in [0, 0.05) is 12.8 Å². The summed E-state index contributed by atoms with van der Waals surface area (Å²) >= 11 is 0. The largest absolute Gasteiger partial charge is 0.462 e. The average Bonchev–Trinajstić information content (AvgIpc) is 3.45. The zero-order chi connectivity index (χ0) is 57.1. The van der Waals surface area contributed by atoms with Crippen LogP contribution >= 0.6 is 0 Å². The molecular formula is C73H110O6. The van der Waals surface area contributed by atoms with Crippen LogP contribution in [-0.4, -0.2) is 37.2 Å². The van der Waals surface area contributed by atoms with Crippen LogP contribution in [-0.2, 0) is 28.6 Å². The Morgan fingerprint density at radius 1 is 0.266 bits per heavy atom. The second kappa shape index (κ2) is 64.8. The Balaban J connectivity index is 4.46. The number of rotatable bonds is 53. The lowest BCUT2D eigenvalue weighted by Gasteiger charge is -2.18. The molecule has 0 aromatic heterocycles. The number of carbonyl (C=O) groups is 3. The van der Waals surface area contributed by atoms with Crippen LogP contribution in [0.25, 0.3) is 0 Å². The molecule has 0 aliphatic rings. The second-order valence-electron chi connectivity index (χ2n) is 19.5. The lowest BCUT2D eigenvalue weighted by Crippen LogP contribution is -2.30. The minimum atomic E-state index is -0.858. The summed E-state index contributed by atoms with van der Waals surface area (Å²) in [5, 5.41) is 0. The predicted octanol–water partition coefficient (Wildman–Crippen LogP) is 21.4. The third-order valence-electron chi connectivity index (χ3n) is 12.1. The van der Waals surface area contributed by atoms with Gasteiger partial charge in [-0.2, -0.15) is 0 Å². The van der Waals surface area contributed by atoms with Crippen LogP contribution in [0.2, 0.25) is 0 Å². The molecule has 1 atom stereocenters. The highest BCUT2D eigenvalue weighted by Crippen LogP contribution is 2.12. The molecule has 0 radical (unpaired) electrons. The first kappa shape index (κ1) is 73.2. The zero-order valence-corrected chi connectivity index (χ0v) is 50.0. The maximum atomic E-state index is 12.8. The lowest BCUT2D eigenvalue weighted by molar-refractivity contribution is -0.166. The molecule has 0 saturated heterocycles. The van der Waals surface area contributed by atoms with Crippen LogP contribution in [0, 0.1) is 0 Å². The van der Waals surface area contributed by atoms with Gasteiger partial charge >= 0.3 is 17.9 Å². The highest BCUT2D eigenvalue weighted by molar-refractivity contribution is 5.72. The quantitative estimate of drug-likeness (QED) is 0.0261. The molecule has 0 rings (SSSR count). The van der Waals surface area contributed by atoms with Gasteiger partial charge in [0.15, 0.2) is 6.10 Å². The molecule has 0 aromatic rings. The fourth-order valence-corrected chi connectivity index (χ4v) is 7.61. The van der Waals surface area contributed by atoms with E-state index in [-0.39, 0.29) is 31.6 Å². The highest BCUT2D eigenvalue weighted by atomic mass is 16.6. The van der Waals surface area contributed by atoms with Gasteiger partial charge in [0.05, 0.1) is 6.42 Å². The Morgan fingerprint density at radius 2 is 0.494 bits per heavy atom. The van der Waals surface area contributed by atoms with Crippen LogP contribution in [0.15, 0.2) is 194 Å². The summed E-state index contributed by atoms with van der Waals surface area (Å²) in [6.07, 6.45) is 98.9. The van der Waals surface area contributed by atoms with E-state index in [1.165, 1.54) is 12.8 Å². The van der Waals surface area contributed by atoms with Gasteiger partial charge in [0.25, 0.3) is 0 Å². The number of hydrogen-bond donors (Lipinski definition) is 0. The van der Waals surface area contributed by atoms with Crippen molar-refractivity contribution in [3.8, 4) is 0 Å². The summed E-state index contributed by atoms with van der Waals surface area (Å²) < 4.78 is 16.7. The summed E-state index contributed by atoms with van der Waals surface area (Å²) in [5.74, 6) is -1.11. The summed E-state index contributed by atoms with van der Waals surface area (Å²) in [4.78, 5) is 38.2. The van der Waals surface area contributed by atoms with Crippen molar-refractivity contribution in [3.63, 3.8) is 0 Å². The first-order valence-corrected chi connectivity index (χ1v) is 30.9. The fourth-order valence-electron chi connectivity index (χ4n) is 7.61. The lowest BCUT2D eigenvalue weighted by atomic mass is 10.1. The molecule has 0 aliphatic heterocycles. The van der Waals surface area contributed by atoms with Crippen molar-refractivity contribution in [1.29, 1.82) is 0 Å². The molecule has 6 heteroatoms. The molecule has 1 unspecified atom stereocenters. The van der Waals surface area contributed by atoms with Crippen molar-refractivity contribution < 1.29 is 28.6 Å². The van der Waals surface area contributed by atoms with E-state index in [1.54, 1.807) is 6.08 Å². The zero-order valence-electron chi connectivity index (χ0n) is 50.0. The van der Waals surface area contributed by atoms with E-state index in [0.717, 1.165) is 167 Å². The Morgan fingerprint density at radius 3 is 0.772 bits per heavy atom. The van der Waals surface area contributed by atoms with Crippen molar-refractivity contribution in [2.24, 2.45) is 0 Å². The SMILES string of the molecule is CC/C=C\C/C=C\C/C=C\C/C=C\C/C=C\C/C=C\C/C=C\C/C=C\CCCCCCCCC(=O)OCC(COC(=O)CCCCCCC/C=C\C/C=C\C/C=C\CC)OC(=O)C/C=C\C/C=C\C/C=C\C/C=C\C/C=C\CC. The number of carbonyl (C=O) groups excluding carboxylic acids is 3. The molecule has 0 heterocycles. The Hall–Kier alpha value is -5.75. The van der Waals surface area contributed by atoms with Crippen molar-refractivity contribution in [2.75, 3.05) is 13.2 Å². The number of allylic oxidation sites excluding steroid dienone is 31. The Kier molecular flexibility index (Phi) is 60.1. The van der Waals surface area contributed by atoms with Crippen LogP contribution in [0.5, 0.6) is 0 Å². The minimum Gasteiger partial charge on any atom is -0.462 e. The number of unbranched alkanes of at least 4 members (excludes halogenated alkanes) is 11. The van der Waals surface area contributed by atoms with Crippen molar-refractivity contribution in [2.45, 2.75) is 232 Å². The molecule has 0 fully saturated rings. The van der Waals surface area contributed by atoms with E-state index in [9.17, 15) is 14.4 Å². The van der Waals surface area contributed by atoms with Crippen LogP contribution in [0.3, 0.4) is 0 Å². The summed E-state index contributed by atoms with van der Waals surface area (Å²) in [5.41, 5.74) is 0. The Labute approximate surface area is 484 Å². The molecule has 6 nitrogen and oxygen atoms in total. The monoisotopic (exact) mass is 1080 g/mol. The van der Waals surface area contributed by atoms with E-state index < -0.39 is 12.1 Å². The van der Waals surface area contributed by atoms with E-state index in [0.29, 0.717) is 19.3 Å². The van der Waals surface area contributed by atoms with Crippen molar-refractivity contribution in [3.05, 3.63) is 194 Å². The van der Waals surface area contributed by atoms with Gasteiger partial charge in [-0.15, -0.1) is 0 Å². The summed E-state index contributed by atoms with van der Waals surface area (Å²) in [7, 11) is 0. The summed E-state index contributed by atoms with van der Waals surface area (Å²) in [6, 6.07) is 0. The van der Waals surface area contributed by atoms with Gasteiger partial charge < -0.3 is 14.2 Å². The normalized spacial score (nSPS) is 13.5. The molecule has 0 aliphatic carbocycles. The van der Waals surface area contributed by atoms with Gasteiger partial charge in [0.2, 0.25) is 0 Å². The number of ether oxygens (including phenoxy) is 3. The van der Waals surface area contributed by atoms with Crippen molar-refractivity contribution in [1.82, 2.24) is 0 Å².